The molecule has 2 heterocycles. The molecule has 2 saturated heterocycles. The van der Waals surface area contributed by atoms with Gasteiger partial charge in [0.2, 0.25) is 5.91 Å². The molecule has 23 heavy (non-hydrogen) atoms. The Labute approximate surface area is 139 Å². The van der Waals surface area contributed by atoms with Crippen LogP contribution in [0.1, 0.15) is 44.6 Å². The number of hydrogen-bond acceptors (Lipinski definition) is 3. The molecule has 4 heteroatoms. The third-order valence-electron chi connectivity index (χ3n) is 5.37. The molecule has 126 valence electrons. The molecule has 0 aliphatic carbocycles. The number of ether oxygens (including phenoxy) is 1. The summed E-state index contributed by atoms with van der Waals surface area (Å²) in [6.07, 6.45) is 5.27. The fourth-order valence-electron chi connectivity index (χ4n) is 4.28. The van der Waals surface area contributed by atoms with Crippen molar-refractivity contribution in [3.8, 4) is 5.75 Å². The summed E-state index contributed by atoms with van der Waals surface area (Å²) >= 11 is 0. The van der Waals surface area contributed by atoms with Crippen LogP contribution < -0.4 is 4.74 Å². The number of benzene rings is 1. The van der Waals surface area contributed by atoms with Gasteiger partial charge in [0.1, 0.15) is 11.3 Å². The molecule has 2 aliphatic rings. The monoisotopic (exact) mass is 316 g/mol. The highest BCUT2D eigenvalue weighted by molar-refractivity contribution is 5.87. The number of piperidine rings is 1. The zero-order valence-corrected chi connectivity index (χ0v) is 14.4. The van der Waals surface area contributed by atoms with Crippen LogP contribution in [-0.2, 0) is 11.3 Å². The summed E-state index contributed by atoms with van der Waals surface area (Å²) in [6, 6.07) is 8.16. The highest BCUT2D eigenvalue weighted by Crippen LogP contribution is 2.39. The fourth-order valence-corrected chi connectivity index (χ4v) is 4.28. The normalized spacial score (nSPS) is 25.3. The zero-order valence-electron chi connectivity index (χ0n) is 14.4. The summed E-state index contributed by atoms with van der Waals surface area (Å²) in [7, 11) is 1.72. The first-order valence-corrected chi connectivity index (χ1v) is 8.87. The Morgan fingerprint density at radius 1 is 1.17 bits per heavy atom. The molecular formula is C19H28N2O2. The van der Waals surface area contributed by atoms with Crippen molar-refractivity contribution >= 4 is 5.91 Å². The van der Waals surface area contributed by atoms with E-state index in [0.29, 0.717) is 5.91 Å². The molecule has 1 unspecified atom stereocenters. The van der Waals surface area contributed by atoms with E-state index in [1.165, 1.54) is 5.56 Å². The van der Waals surface area contributed by atoms with Gasteiger partial charge in [-0.25, -0.2) is 0 Å². The molecule has 0 aromatic heterocycles. The van der Waals surface area contributed by atoms with Gasteiger partial charge in [-0.05, 0) is 44.7 Å². The lowest BCUT2D eigenvalue weighted by Crippen LogP contribution is -2.59. The Hall–Kier alpha value is -1.55. The van der Waals surface area contributed by atoms with E-state index >= 15 is 0 Å². The van der Waals surface area contributed by atoms with E-state index in [2.05, 4.69) is 22.8 Å². The number of nitrogens with zero attached hydrogens (tertiary/aromatic N) is 2. The number of hydrogen-bond donors (Lipinski definition) is 0. The molecular weight excluding hydrogens is 288 g/mol. The first-order chi connectivity index (χ1) is 11.2. The van der Waals surface area contributed by atoms with Crippen LogP contribution in [0, 0.1) is 0 Å². The van der Waals surface area contributed by atoms with Gasteiger partial charge in [-0.2, -0.15) is 0 Å². The van der Waals surface area contributed by atoms with Crippen LogP contribution in [0.2, 0.25) is 0 Å². The van der Waals surface area contributed by atoms with E-state index in [1.54, 1.807) is 7.11 Å². The summed E-state index contributed by atoms with van der Waals surface area (Å²) in [4.78, 5) is 17.6. The van der Waals surface area contributed by atoms with Crippen molar-refractivity contribution in [3.63, 3.8) is 0 Å². The molecule has 0 bridgehead atoms. The molecule has 1 aromatic carbocycles. The third-order valence-corrected chi connectivity index (χ3v) is 5.37. The van der Waals surface area contributed by atoms with Gasteiger partial charge >= 0.3 is 0 Å². The van der Waals surface area contributed by atoms with Crippen LogP contribution >= 0.6 is 0 Å². The highest BCUT2D eigenvalue weighted by atomic mass is 16.5. The molecule has 0 saturated carbocycles. The smallest absolute Gasteiger partial charge is 0.243 e. The molecule has 1 atom stereocenters. The van der Waals surface area contributed by atoms with Crippen molar-refractivity contribution in [1.29, 1.82) is 0 Å². The average molecular weight is 316 g/mol. The predicted octanol–water partition coefficient (Wildman–Crippen LogP) is 3.06. The summed E-state index contributed by atoms with van der Waals surface area (Å²) in [5.41, 5.74) is 0.908. The molecule has 1 spiro atoms. The van der Waals surface area contributed by atoms with Crippen molar-refractivity contribution in [1.82, 2.24) is 9.80 Å². The summed E-state index contributed by atoms with van der Waals surface area (Å²) in [6.45, 7) is 5.77. The average Bonchev–Trinajstić information content (AvgIpc) is 2.96. The van der Waals surface area contributed by atoms with Crippen LogP contribution in [0.4, 0.5) is 0 Å². The Bertz CT molecular complexity index is 558. The number of rotatable bonds is 5. The molecule has 1 aromatic rings. The topological polar surface area (TPSA) is 32.8 Å². The van der Waals surface area contributed by atoms with E-state index in [4.69, 9.17) is 4.74 Å². The van der Waals surface area contributed by atoms with Crippen molar-refractivity contribution in [2.75, 3.05) is 26.7 Å². The lowest BCUT2D eigenvalue weighted by Gasteiger charge is -2.44. The van der Waals surface area contributed by atoms with Gasteiger partial charge in [0.15, 0.2) is 0 Å². The lowest BCUT2D eigenvalue weighted by molar-refractivity contribution is -0.147. The number of amides is 1. The fraction of sp³-hybridized carbons (Fsp3) is 0.632. The van der Waals surface area contributed by atoms with Gasteiger partial charge in [-0.15, -0.1) is 0 Å². The second-order valence-corrected chi connectivity index (χ2v) is 6.76. The second-order valence-electron chi connectivity index (χ2n) is 6.76. The Kier molecular flexibility index (Phi) is 4.90. The number of methoxy groups -OCH3 is 1. The van der Waals surface area contributed by atoms with Crippen LogP contribution in [0.3, 0.4) is 0 Å². The highest BCUT2D eigenvalue weighted by Gasteiger charge is 2.50. The minimum Gasteiger partial charge on any atom is -0.496 e. The first kappa shape index (κ1) is 16.3. The molecule has 0 radical (unpaired) electrons. The zero-order chi connectivity index (χ0) is 16.3. The molecule has 3 rings (SSSR count). The van der Waals surface area contributed by atoms with Gasteiger partial charge < -0.3 is 9.64 Å². The second kappa shape index (κ2) is 6.91. The molecule has 4 nitrogen and oxygen atoms in total. The maximum atomic E-state index is 13.1. The molecule has 0 N–H and O–H groups in total. The number of carbonyl (C=O) groups excluding carboxylic acids is 1. The summed E-state index contributed by atoms with van der Waals surface area (Å²) in [5.74, 6) is 1.28. The number of likely N-dealkylation sites (tertiary alicyclic amines) is 2. The van der Waals surface area contributed by atoms with E-state index in [0.717, 1.165) is 64.0 Å². The van der Waals surface area contributed by atoms with Crippen molar-refractivity contribution in [2.24, 2.45) is 0 Å². The first-order valence-electron chi connectivity index (χ1n) is 8.87. The number of para-hydroxylation sites is 1. The third kappa shape index (κ3) is 2.97. The van der Waals surface area contributed by atoms with Gasteiger partial charge in [0.25, 0.3) is 0 Å². The van der Waals surface area contributed by atoms with Gasteiger partial charge in [0.05, 0.1) is 7.11 Å². The van der Waals surface area contributed by atoms with Crippen molar-refractivity contribution in [2.45, 2.75) is 51.1 Å². The van der Waals surface area contributed by atoms with Crippen LogP contribution in [0.5, 0.6) is 5.75 Å². The lowest BCUT2D eigenvalue weighted by atomic mass is 9.85. The van der Waals surface area contributed by atoms with Gasteiger partial charge in [-0.1, -0.05) is 25.1 Å². The van der Waals surface area contributed by atoms with Crippen LogP contribution in [-0.4, -0.2) is 48.0 Å². The largest absolute Gasteiger partial charge is 0.496 e. The number of carbonyl (C=O) groups is 1. The van der Waals surface area contributed by atoms with Crippen molar-refractivity contribution in [3.05, 3.63) is 29.8 Å². The standard InChI is InChI=1S/C19H28N2O2/c1-3-12-20-13-6-10-19(18(20)22)11-7-14-21(19)15-16-8-4-5-9-17(16)23-2/h4-5,8-9H,3,6-7,10-15H2,1-2H3. The van der Waals surface area contributed by atoms with E-state index < -0.39 is 0 Å². The van der Waals surface area contributed by atoms with Gasteiger partial charge in [-0.3, -0.25) is 9.69 Å². The van der Waals surface area contributed by atoms with Crippen LogP contribution in [0.25, 0.3) is 0 Å². The maximum Gasteiger partial charge on any atom is 0.243 e. The van der Waals surface area contributed by atoms with E-state index in [9.17, 15) is 4.79 Å². The Morgan fingerprint density at radius 3 is 2.65 bits per heavy atom. The van der Waals surface area contributed by atoms with Crippen molar-refractivity contribution < 1.29 is 9.53 Å². The van der Waals surface area contributed by atoms with E-state index in [1.807, 2.05) is 18.2 Å². The maximum absolute atomic E-state index is 13.1. The molecule has 2 fully saturated rings. The van der Waals surface area contributed by atoms with Crippen LogP contribution in [0.15, 0.2) is 24.3 Å². The molecule has 2 aliphatic heterocycles. The summed E-state index contributed by atoms with van der Waals surface area (Å²) < 4.78 is 5.50. The Morgan fingerprint density at radius 2 is 1.91 bits per heavy atom. The minimum atomic E-state index is -0.270. The van der Waals surface area contributed by atoms with Gasteiger partial charge in [0, 0.05) is 25.2 Å². The predicted molar refractivity (Wildman–Crippen MR) is 91.5 cm³/mol. The molecule has 1 amide bonds. The quantitative estimate of drug-likeness (QED) is 0.837. The van der Waals surface area contributed by atoms with E-state index in [-0.39, 0.29) is 5.54 Å². The minimum absolute atomic E-state index is 0.270. The Balaban J connectivity index is 1.83. The SMILES string of the molecule is CCCN1CCCC2(CCCN2Cc2ccccc2OC)C1=O. The summed E-state index contributed by atoms with van der Waals surface area (Å²) in [5, 5.41) is 0.